The summed E-state index contributed by atoms with van der Waals surface area (Å²) in [5, 5.41) is 9.67. The zero-order valence-corrected chi connectivity index (χ0v) is 8.45. The van der Waals surface area contributed by atoms with Gasteiger partial charge >= 0.3 is 0 Å². The van der Waals surface area contributed by atoms with E-state index in [2.05, 4.69) is 20.2 Å². The molecular weight excluding hydrogens is 198 g/mol. The first-order chi connectivity index (χ1) is 6.79. The van der Waals surface area contributed by atoms with Gasteiger partial charge in [0.2, 0.25) is 0 Å². The second-order valence-electron chi connectivity index (χ2n) is 2.66. The van der Waals surface area contributed by atoms with E-state index in [9.17, 15) is 0 Å². The lowest BCUT2D eigenvalue weighted by molar-refractivity contribution is 0.979. The Morgan fingerprint density at radius 2 is 2.29 bits per heavy atom. The third kappa shape index (κ3) is 1.69. The normalized spacial score (nSPS) is 10.4. The minimum absolute atomic E-state index is 0.447. The predicted octanol–water partition coefficient (Wildman–Crippen LogP) is 1.14. The molecule has 0 bridgehead atoms. The summed E-state index contributed by atoms with van der Waals surface area (Å²) in [4.78, 5) is 8.14. The maximum Gasteiger partial charge on any atom is 0.192 e. The second-order valence-corrected chi connectivity index (χ2v) is 3.72. The summed E-state index contributed by atoms with van der Waals surface area (Å²) in [6.07, 6.45) is 2.49. The zero-order valence-electron chi connectivity index (χ0n) is 7.64. The number of rotatable bonds is 2. The Morgan fingerprint density at radius 1 is 1.43 bits per heavy atom. The highest BCUT2D eigenvalue weighted by atomic mass is 32.1. The number of nitrogen functional groups attached to an aromatic ring is 1. The van der Waals surface area contributed by atoms with Crippen molar-refractivity contribution >= 4 is 17.2 Å². The summed E-state index contributed by atoms with van der Waals surface area (Å²) in [5.74, 6) is 0.991. The van der Waals surface area contributed by atoms with E-state index in [1.807, 2.05) is 6.92 Å². The predicted molar refractivity (Wildman–Crippen MR) is 54.7 cm³/mol. The molecule has 2 aromatic heterocycles. The molecule has 0 unspecified atom stereocenters. The number of aromatic nitrogens is 4. The van der Waals surface area contributed by atoms with Crippen LogP contribution in [0.5, 0.6) is 0 Å². The lowest BCUT2D eigenvalue weighted by Crippen LogP contribution is -1.93. The molecule has 0 spiro atoms. The Bertz CT molecular complexity index is 439. The van der Waals surface area contributed by atoms with Gasteiger partial charge in [0.15, 0.2) is 10.8 Å². The van der Waals surface area contributed by atoms with E-state index in [1.165, 1.54) is 11.3 Å². The number of anilines is 1. The van der Waals surface area contributed by atoms with Crippen LogP contribution in [0.4, 0.5) is 5.82 Å². The Kier molecular flexibility index (Phi) is 2.36. The molecule has 0 aromatic carbocycles. The molecule has 2 heterocycles. The third-order valence-corrected chi connectivity index (χ3v) is 2.70. The quantitative estimate of drug-likeness (QED) is 0.799. The molecule has 2 aromatic rings. The molecule has 0 fully saturated rings. The number of hydrogen-bond donors (Lipinski definition) is 1. The fourth-order valence-electron chi connectivity index (χ4n) is 0.963. The standard InChI is InChI=1S/C8H9N5S/c1-2-6-12-13-8(14-6)7-10-4-3-5(9)11-7/h3-4H,2H2,1H3,(H2,9,10,11). The largest absolute Gasteiger partial charge is 0.384 e. The monoisotopic (exact) mass is 207 g/mol. The van der Waals surface area contributed by atoms with Crippen LogP contribution in [0.1, 0.15) is 11.9 Å². The summed E-state index contributed by atoms with van der Waals surface area (Å²) in [6.45, 7) is 2.03. The van der Waals surface area contributed by atoms with Crippen molar-refractivity contribution in [1.82, 2.24) is 20.2 Å². The number of nitrogens with two attached hydrogens (primary N) is 1. The highest BCUT2D eigenvalue weighted by molar-refractivity contribution is 7.14. The zero-order chi connectivity index (χ0) is 9.97. The van der Waals surface area contributed by atoms with Crippen LogP contribution in [0.3, 0.4) is 0 Å². The van der Waals surface area contributed by atoms with Crippen LogP contribution in [0, 0.1) is 0 Å². The molecule has 2 N–H and O–H groups in total. The fourth-order valence-corrected chi connectivity index (χ4v) is 1.68. The first kappa shape index (κ1) is 9.01. The Balaban J connectivity index is 2.39. The molecule has 0 saturated carbocycles. The van der Waals surface area contributed by atoms with Gasteiger partial charge < -0.3 is 5.73 Å². The van der Waals surface area contributed by atoms with Gasteiger partial charge in [-0.15, -0.1) is 10.2 Å². The molecule has 0 radical (unpaired) electrons. The lowest BCUT2D eigenvalue weighted by atomic mass is 10.5. The first-order valence-corrected chi connectivity index (χ1v) is 5.02. The van der Waals surface area contributed by atoms with Gasteiger partial charge in [0, 0.05) is 6.20 Å². The van der Waals surface area contributed by atoms with E-state index in [1.54, 1.807) is 12.3 Å². The molecule has 14 heavy (non-hydrogen) atoms. The molecule has 0 saturated heterocycles. The molecule has 0 aliphatic heterocycles. The maximum absolute atomic E-state index is 5.54. The van der Waals surface area contributed by atoms with Gasteiger partial charge in [-0.05, 0) is 12.5 Å². The van der Waals surface area contributed by atoms with E-state index in [0.717, 1.165) is 11.4 Å². The fraction of sp³-hybridized carbons (Fsp3) is 0.250. The highest BCUT2D eigenvalue weighted by Gasteiger charge is 2.07. The van der Waals surface area contributed by atoms with Gasteiger partial charge in [0.05, 0.1) is 0 Å². The van der Waals surface area contributed by atoms with Crippen LogP contribution >= 0.6 is 11.3 Å². The summed E-state index contributed by atoms with van der Waals surface area (Å²) in [5.41, 5.74) is 5.54. The molecule has 5 nitrogen and oxygen atoms in total. The molecule has 0 amide bonds. The van der Waals surface area contributed by atoms with Crippen molar-refractivity contribution in [2.45, 2.75) is 13.3 Å². The van der Waals surface area contributed by atoms with E-state index in [0.29, 0.717) is 16.6 Å². The van der Waals surface area contributed by atoms with Gasteiger partial charge in [-0.2, -0.15) is 0 Å². The Labute approximate surface area is 85.0 Å². The number of aryl methyl sites for hydroxylation is 1. The highest BCUT2D eigenvalue weighted by Crippen LogP contribution is 2.20. The number of hydrogen-bond acceptors (Lipinski definition) is 6. The van der Waals surface area contributed by atoms with E-state index < -0.39 is 0 Å². The Morgan fingerprint density at radius 3 is 2.93 bits per heavy atom. The molecule has 0 aliphatic carbocycles. The van der Waals surface area contributed by atoms with Crippen LogP contribution < -0.4 is 5.73 Å². The smallest absolute Gasteiger partial charge is 0.192 e. The molecule has 6 heteroatoms. The van der Waals surface area contributed by atoms with Crippen molar-refractivity contribution in [3.05, 3.63) is 17.3 Å². The average Bonchev–Trinajstić information content (AvgIpc) is 2.66. The lowest BCUT2D eigenvalue weighted by Gasteiger charge is -1.93. The molecule has 0 atom stereocenters. The number of nitrogens with zero attached hydrogens (tertiary/aromatic N) is 4. The third-order valence-electron chi connectivity index (χ3n) is 1.64. The van der Waals surface area contributed by atoms with Crippen molar-refractivity contribution in [3.63, 3.8) is 0 Å². The van der Waals surface area contributed by atoms with Crippen molar-refractivity contribution in [1.29, 1.82) is 0 Å². The van der Waals surface area contributed by atoms with Crippen LogP contribution in [0.2, 0.25) is 0 Å². The second kappa shape index (κ2) is 3.67. The van der Waals surface area contributed by atoms with E-state index >= 15 is 0 Å². The summed E-state index contributed by atoms with van der Waals surface area (Å²) >= 11 is 1.49. The van der Waals surface area contributed by atoms with Crippen molar-refractivity contribution in [2.24, 2.45) is 0 Å². The van der Waals surface area contributed by atoms with Crippen LogP contribution in [-0.4, -0.2) is 20.2 Å². The average molecular weight is 207 g/mol. The summed E-state index contributed by atoms with van der Waals surface area (Å²) < 4.78 is 0. The SMILES string of the molecule is CCc1nnc(-c2nccc(N)n2)s1. The molecule has 0 aliphatic rings. The van der Waals surface area contributed by atoms with Crippen molar-refractivity contribution < 1.29 is 0 Å². The van der Waals surface area contributed by atoms with Gasteiger partial charge in [-0.25, -0.2) is 9.97 Å². The van der Waals surface area contributed by atoms with Gasteiger partial charge in [-0.3, -0.25) is 0 Å². The summed E-state index contributed by atoms with van der Waals surface area (Å²) in [6, 6.07) is 1.64. The van der Waals surface area contributed by atoms with E-state index in [-0.39, 0.29) is 0 Å². The minimum Gasteiger partial charge on any atom is -0.384 e. The molecule has 72 valence electrons. The first-order valence-electron chi connectivity index (χ1n) is 4.21. The molecular formula is C8H9N5S. The van der Waals surface area contributed by atoms with Gasteiger partial charge in [-0.1, -0.05) is 18.3 Å². The maximum atomic E-state index is 5.54. The van der Waals surface area contributed by atoms with Crippen molar-refractivity contribution in [3.8, 4) is 10.8 Å². The minimum atomic E-state index is 0.447. The van der Waals surface area contributed by atoms with Crippen LogP contribution in [0.25, 0.3) is 10.8 Å². The van der Waals surface area contributed by atoms with Crippen molar-refractivity contribution in [2.75, 3.05) is 5.73 Å². The van der Waals surface area contributed by atoms with Gasteiger partial charge in [0.1, 0.15) is 10.8 Å². The molecule has 2 rings (SSSR count). The van der Waals surface area contributed by atoms with E-state index in [4.69, 9.17) is 5.73 Å². The summed E-state index contributed by atoms with van der Waals surface area (Å²) in [7, 11) is 0. The van der Waals surface area contributed by atoms with Gasteiger partial charge in [0.25, 0.3) is 0 Å². The van der Waals surface area contributed by atoms with Crippen LogP contribution in [0.15, 0.2) is 12.3 Å². The Hall–Kier alpha value is -1.56. The topological polar surface area (TPSA) is 77.6 Å². The van der Waals surface area contributed by atoms with Crippen LogP contribution in [-0.2, 0) is 6.42 Å².